The number of nitrogens with one attached hydrogen (secondary N) is 1. The molecule has 8 heteroatoms. The Kier molecular flexibility index (Phi) is 5.63. The van der Waals surface area contributed by atoms with Gasteiger partial charge in [0, 0.05) is 13.1 Å². The number of ether oxygens (including phenoxy) is 1. The maximum Gasteiger partial charge on any atom is 0.318 e. The van der Waals surface area contributed by atoms with Gasteiger partial charge in [-0.1, -0.05) is 29.3 Å². The minimum absolute atomic E-state index is 0.215. The number of halogens is 2. The SMILES string of the molecule is CC(C(=O)NC(N)=O)N1CCOC(c2ccc(Cl)c(Cl)c2)C1. The summed E-state index contributed by atoms with van der Waals surface area (Å²) in [5.74, 6) is -0.428. The fourth-order valence-corrected chi connectivity index (χ4v) is 2.63. The summed E-state index contributed by atoms with van der Waals surface area (Å²) in [6.45, 7) is 3.28. The number of nitrogens with zero attached hydrogens (tertiary/aromatic N) is 1. The molecule has 22 heavy (non-hydrogen) atoms. The van der Waals surface area contributed by atoms with Crippen LogP contribution in [0.1, 0.15) is 18.6 Å². The van der Waals surface area contributed by atoms with Crippen molar-refractivity contribution in [1.29, 1.82) is 0 Å². The Bertz CT molecular complexity index is 582. The normalized spacial score (nSPS) is 20.4. The second kappa shape index (κ2) is 7.28. The van der Waals surface area contributed by atoms with Gasteiger partial charge in [0.2, 0.25) is 5.91 Å². The number of imide groups is 1. The zero-order chi connectivity index (χ0) is 16.3. The van der Waals surface area contributed by atoms with Crippen LogP contribution in [0.25, 0.3) is 0 Å². The van der Waals surface area contributed by atoms with Crippen molar-refractivity contribution in [2.45, 2.75) is 19.1 Å². The van der Waals surface area contributed by atoms with Gasteiger partial charge >= 0.3 is 6.03 Å². The van der Waals surface area contributed by atoms with E-state index in [1.54, 1.807) is 19.1 Å². The van der Waals surface area contributed by atoms with E-state index in [-0.39, 0.29) is 6.10 Å². The van der Waals surface area contributed by atoms with Crippen LogP contribution in [0.15, 0.2) is 18.2 Å². The summed E-state index contributed by atoms with van der Waals surface area (Å²) in [6, 6.07) is 3.97. The van der Waals surface area contributed by atoms with Crippen molar-refractivity contribution in [3.8, 4) is 0 Å². The molecular weight excluding hydrogens is 329 g/mol. The molecule has 0 bridgehead atoms. The predicted octanol–water partition coefficient (Wildman–Crippen LogP) is 1.95. The lowest BCUT2D eigenvalue weighted by atomic mass is 10.1. The van der Waals surface area contributed by atoms with Gasteiger partial charge in [-0.15, -0.1) is 0 Å². The predicted molar refractivity (Wildman–Crippen MR) is 83.9 cm³/mol. The maximum atomic E-state index is 11.9. The second-order valence-electron chi connectivity index (χ2n) is 5.06. The van der Waals surface area contributed by atoms with Crippen molar-refractivity contribution in [1.82, 2.24) is 10.2 Å². The molecule has 3 N–H and O–H groups in total. The van der Waals surface area contributed by atoms with Gasteiger partial charge in [0.05, 0.1) is 28.8 Å². The first kappa shape index (κ1) is 17.0. The number of rotatable bonds is 3. The lowest BCUT2D eigenvalue weighted by Crippen LogP contribution is -2.52. The highest BCUT2D eigenvalue weighted by atomic mass is 35.5. The smallest absolute Gasteiger partial charge is 0.318 e. The molecular formula is C14H17Cl2N3O3. The Morgan fingerprint density at radius 2 is 2.14 bits per heavy atom. The van der Waals surface area contributed by atoms with Crippen LogP contribution >= 0.6 is 23.2 Å². The number of hydrogen-bond acceptors (Lipinski definition) is 4. The number of carbonyl (C=O) groups is 2. The van der Waals surface area contributed by atoms with Gasteiger partial charge in [-0.3, -0.25) is 15.0 Å². The molecule has 120 valence electrons. The van der Waals surface area contributed by atoms with Gasteiger partial charge in [-0.25, -0.2) is 4.79 Å². The van der Waals surface area contributed by atoms with E-state index in [2.05, 4.69) is 5.32 Å². The van der Waals surface area contributed by atoms with Crippen molar-refractivity contribution in [3.05, 3.63) is 33.8 Å². The van der Waals surface area contributed by atoms with Gasteiger partial charge in [-0.05, 0) is 24.6 Å². The zero-order valence-corrected chi connectivity index (χ0v) is 13.5. The molecule has 1 aliphatic rings. The fraction of sp³-hybridized carbons (Fsp3) is 0.429. The van der Waals surface area contributed by atoms with Crippen molar-refractivity contribution in [2.75, 3.05) is 19.7 Å². The van der Waals surface area contributed by atoms with E-state index in [9.17, 15) is 9.59 Å². The van der Waals surface area contributed by atoms with Gasteiger partial charge in [0.15, 0.2) is 0 Å². The Hall–Kier alpha value is -1.34. The number of carbonyl (C=O) groups excluding carboxylic acids is 2. The third-order valence-corrected chi connectivity index (χ3v) is 4.33. The van der Waals surface area contributed by atoms with E-state index < -0.39 is 18.0 Å². The Balaban J connectivity index is 2.06. The third kappa shape index (κ3) is 4.10. The molecule has 3 amide bonds. The molecule has 1 saturated heterocycles. The van der Waals surface area contributed by atoms with Gasteiger partial charge in [0.1, 0.15) is 0 Å². The molecule has 0 saturated carbocycles. The molecule has 1 heterocycles. The molecule has 6 nitrogen and oxygen atoms in total. The van der Waals surface area contributed by atoms with Crippen molar-refractivity contribution >= 4 is 35.1 Å². The summed E-state index contributed by atoms with van der Waals surface area (Å²) in [6.07, 6.45) is -0.215. The minimum Gasteiger partial charge on any atom is -0.371 e. The molecule has 2 atom stereocenters. The van der Waals surface area contributed by atoms with Crippen LogP contribution in [0.5, 0.6) is 0 Å². The van der Waals surface area contributed by atoms with E-state index in [0.29, 0.717) is 29.7 Å². The summed E-state index contributed by atoms with van der Waals surface area (Å²) in [7, 11) is 0. The van der Waals surface area contributed by atoms with Crippen molar-refractivity contribution in [2.24, 2.45) is 5.73 Å². The number of morpholine rings is 1. The lowest BCUT2D eigenvalue weighted by Gasteiger charge is -2.36. The number of primary amides is 1. The number of urea groups is 1. The summed E-state index contributed by atoms with van der Waals surface area (Å²) in [5.41, 5.74) is 5.86. The van der Waals surface area contributed by atoms with Crippen LogP contribution in [-0.2, 0) is 9.53 Å². The fourth-order valence-electron chi connectivity index (χ4n) is 2.33. The van der Waals surface area contributed by atoms with Crippen LogP contribution in [0.2, 0.25) is 10.0 Å². The Labute approximate surface area is 138 Å². The lowest BCUT2D eigenvalue weighted by molar-refractivity contribution is -0.128. The van der Waals surface area contributed by atoms with Crippen LogP contribution < -0.4 is 11.1 Å². The van der Waals surface area contributed by atoms with Crippen LogP contribution in [0.4, 0.5) is 4.79 Å². The average molecular weight is 346 g/mol. The molecule has 1 aliphatic heterocycles. The van der Waals surface area contributed by atoms with E-state index in [1.165, 1.54) is 0 Å². The monoisotopic (exact) mass is 345 g/mol. The largest absolute Gasteiger partial charge is 0.371 e. The van der Waals surface area contributed by atoms with E-state index in [4.69, 9.17) is 33.7 Å². The molecule has 1 fully saturated rings. The van der Waals surface area contributed by atoms with Crippen molar-refractivity contribution < 1.29 is 14.3 Å². The first-order chi connectivity index (χ1) is 10.4. The van der Waals surface area contributed by atoms with Gasteiger partial charge in [0.25, 0.3) is 0 Å². The summed E-state index contributed by atoms with van der Waals surface area (Å²) in [4.78, 5) is 24.6. The molecule has 0 spiro atoms. The van der Waals surface area contributed by atoms with Crippen LogP contribution in [-0.4, -0.2) is 42.6 Å². The van der Waals surface area contributed by atoms with E-state index >= 15 is 0 Å². The van der Waals surface area contributed by atoms with Crippen LogP contribution in [0.3, 0.4) is 0 Å². The highest BCUT2D eigenvalue weighted by Gasteiger charge is 2.29. The van der Waals surface area contributed by atoms with E-state index in [0.717, 1.165) is 5.56 Å². The molecule has 0 aliphatic carbocycles. The zero-order valence-electron chi connectivity index (χ0n) is 12.0. The first-order valence-electron chi connectivity index (χ1n) is 6.79. The highest BCUT2D eigenvalue weighted by Crippen LogP contribution is 2.29. The molecule has 2 unspecified atom stereocenters. The second-order valence-corrected chi connectivity index (χ2v) is 5.87. The Morgan fingerprint density at radius 1 is 1.41 bits per heavy atom. The quantitative estimate of drug-likeness (QED) is 0.876. The molecule has 0 aromatic heterocycles. The van der Waals surface area contributed by atoms with Gasteiger partial charge in [-0.2, -0.15) is 0 Å². The average Bonchev–Trinajstić information content (AvgIpc) is 2.48. The van der Waals surface area contributed by atoms with Crippen LogP contribution in [0, 0.1) is 0 Å². The number of amides is 3. The Morgan fingerprint density at radius 3 is 2.77 bits per heavy atom. The number of nitrogens with two attached hydrogens (primary N) is 1. The number of benzene rings is 1. The third-order valence-electron chi connectivity index (χ3n) is 3.59. The number of hydrogen-bond donors (Lipinski definition) is 2. The highest BCUT2D eigenvalue weighted by molar-refractivity contribution is 6.42. The van der Waals surface area contributed by atoms with Crippen molar-refractivity contribution in [3.63, 3.8) is 0 Å². The summed E-state index contributed by atoms with van der Waals surface area (Å²) < 4.78 is 5.73. The summed E-state index contributed by atoms with van der Waals surface area (Å²) >= 11 is 11.9. The minimum atomic E-state index is -0.855. The molecule has 2 rings (SSSR count). The molecule has 1 aromatic carbocycles. The standard InChI is InChI=1S/C14H17Cl2N3O3/c1-8(13(20)18-14(17)21)19-4-5-22-12(7-19)9-2-3-10(15)11(16)6-9/h2-3,6,8,12H,4-5,7H2,1H3,(H3,17,18,20,21). The topological polar surface area (TPSA) is 84.7 Å². The maximum absolute atomic E-state index is 11.9. The first-order valence-corrected chi connectivity index (χ1v) is 7.55. The molecule has 0 radical (unpaired) electrons. The molecule has 1 aromatic rings. The van der Waals surface area contributed by atoms with Gasteiger partial charge < -0.3 is 10.5 Å². The van der Waals surface area contributed by atoms with E-state index in [1.807, 2.05) is 11.0 Å². The summed E-state index contributed by atoms with van der Waals surface area (Å²) in [5, 5.41) is 3.03.